The van der Waals surface area contributed by atoms with E-state index in [2.05, 4.69) is 5.32 Å². The second kappa shape index (κ2) is 15.0. The summed E-state index contributed by atoms with van der Waals surface area (Å²) in [6, 6.07) is 30.1. The topological polar surface area (TPSA) is 86.8 Å². The first-order valence-corrected chi connectivity index (χ1v) is 16.8. The zero-order chi connectivity index (χ0) is 32.6. The van der Waals surface area contributed by atoms with Gasteiger partial charge in [-0.05, 0) is 69.0 Å². The van der Waals surface area contributed by atoms with Gasteiger partial charge in [-0.1, -0.05) is 103 Å². The van der Waals surface area contributed by atoms with Crippen molar-refractivity contribution in [1.29, 1.82) is 0 Å². The van der Waals surface area contributed by atoms with E-state index in [1.807, 2.05) is 107 Å². The Balaban J connectivity index is 1.82. The van der Waals surface area contributed by atoms with E-state index in [0.29, 0.717) is 5.69 Å². The van der Waals surface area contributed by atoms with Gasteiger partial charge < -0.3 is 10.2 Å². The lowest BCUT2D eigenvalue weighted by atomic mass is 10.0. The van der Waals surface area contributed by atoms with Crippen LogP contribution in [0.5, 0.6) is 0 Å². The molecule has 0 fully saturated rings. The Kier molecular flexibility index (Phi) is 11.2. The third kappa shape index (κ3) is 8.60. The number of hydrogen-bond donors (Lipinski definition) is 1. The molecule has 45 heavy (non-hydrogen) atoms. The van der Waals surface area contributed by atoms with Gasteiger partial charge in [-0.2, -0.15) is 0 Å². The van der Waals surface area contributed by atoms with Gasteiger partial charge in [-0.3, -0.25) is 13.9 Å². The molecule has 2 atom stereocenters. The first kappa shape index (κ1) is 33.5. The molecule has 0 saturated heterocycles. The fraction of sp³-hybridized carbons (Fsp3) is 0.297. The van der Waals surface area contributed by atoms with Crippen molar-refractivity contribution >= 4 is 27.5 Å². The van der Waals surface area contributed by atoms with Gasteiger partial charge in [0, 0.05) is 19.0 Å². The number of amides is 2. The van der Waals surface area contributed by atoms with Crippen LogP contribution >= 0.6 is 0 Å². The number of carbonyl (C=O) groups excluding carboxylic acids is 2. The maximum atomic E-state index is 14.6. The van der Waals surface area contributed by atoms with Gasteiger partial charge in [0.05, 0.1) is 10.6 Å². The maximum absolute atomic E-state index is 14.6. The SMILES string of the molecule is CC[C@H](C)NC(=O)[C@H](Cc1ccccc1)N(Cc1ccccc1)C(=O)CN(c1ccc(C)cc1C)S(=O)(=O)c1ccc(C)cc1. The molecule has 0 spiro atoms. The molecule has 8 heteroatoms. The first-order valence-electron chi connectivity index (χ1n) is 15.3. The third-order valence-corrected chi connectivity index (χ3v) is 9.75. The molecule has 2 amide bonds. The number of rotatable bonds is 13. The molecule has 0 unspecified atom stereocenters. The molecule has 0 radical (unpaired) electrons. The minimum atomic E-state index is -4.15. The summed E-state index contributed by atoms with van der Waals surface area (Å²) in [5, 5.41) is 3.07. The molecule has 7 nitrogen and oxygen atoms in total. The molecular formula is C37H43N3O4S. The molecule has 0 heterocycles. The van der Waals surface area contributed by atoms with E-state index >= 15 is 0 Å². The van der Waals surface area contributed by atoms with Crippen molar-refractivity contribution in [3.8, 4) is 0 Å². The summed E-state index contributed by atoms with van der Waals surface area (Å²) < 4.78 is 29.7. The first-order chi connectivity index (χ1) is 21.5. The molecule has 4 aromatic rings. The van der Waals surface area contributed by atoms with Crippen LogP contribution in [0.4, 0.5) is 5.69 Å². The van der Waals surface area contributed by atoms with Crippen LogP contribution in [0.25, 0.3) is 0 Å². The number of sulfonamides is 1. The summed E-state index contributed by atoms with van der Waals surface area (Å²) in [6.07, 6.45) is 1.00. The molecular weight excluding hydrogens is 582 g/mol. The molecule has 236 valence electrons. The van der Waals surface area contributed by atoms with Crippen LogP contribution in [-0.4, -0.2) is 43.8 Å². The Morgan fingerprint density at radius 3 is 1.93 bits per heavy atom. The Morgan fingerprint density at radius 2 is 1.36 bits per heavy atom. The molecule has 0 aromatic heterocycles. The molecule has 1 N–H and O–H groups in total. The highest BCUT2D eigenvalue weighted by atomic mass is 32.2. The summed E-state index contributed by atoms with van der Waals surface area (Å²) in [4.78, 5) is 30.1. The summed E-state index contributed by atoms with van der Waals surface area (Å²) in [6.45, 7) is 9.24. The average molecular weight is 626 g/mol. The average Bonchev–Trinajstić information content (AvgIpc) is 3.02. The third-order valence-electron chi connectivity index (χ3n) is 7.98. The van der Waals surface area contributed by atoms with Gasteiger partial charge >= 0.3 is 0 Å². The zero-order valence-electron chi connectivity index (χ0n) is 26.7. The summed E-state index contributed by atoms with van der Waals surface area (Å²) in [5.41, 5.74) is 4.77. The number of nitrogens with one attached hydrogen (secondary N) is 1. The fourth-order valence-corrected chi connectivity index (χ4v) is 6.69. The van der Waals surface area contributed by atoms with E-state index in [9.17, 15) is 18.0 Å². The van der Waals surface area contributed by atoms with Crippen LogP contribution < -0.4 is 9.62 Å². The summed E-state index contributed by atoms with van der Waals surface area (Å²) in [7, 11) is -4.15. The van der Waals surface area contributed by atoms with Crippen molar-refractivity contribution in [3.63, 3.8) is 0 Å². The van der Waals surface area contributed by atoms with E-state index in [-0.39, 0.29) is 29.8 Å². The smallest absolute Gasteiger partial charge is 0.264 e. The van der Waals surface area contributed by atoms with Gasteiger partial charge in [0.15, 0.2) is 0 Å². The number of anilines is 1. The van der Waals surface area contributed by atoms with Crippen molar-refractivity contribution in [1.82, 2.24) is 10.2 Å². The van der Waals surface area contributed by atoms with E-state index in [4.69, 9.17) is 0 Å². The number of aryl methyl sites for hydroxylation is 3. The number of carbonyl (C=O) groups is 2. The van der Waals surface area contributed by atoms with Crippen LogP contribution in [0.3, 0.4) is 0 Å². The quantitative estimate of drug-likeness (QED) is 0.187. The van der Waals surface area contributed by atoms with Crippen LogP contribution in [0.2, 0.25) is 0 Å². The minimum absolute atomic E-state index is 0.0887. The number of benzene rings is 4. The van der Waals surface area contributed by atoms with Crippen LogP contribution in [0, 0.1) is 20.8 Å². The molecule has 4 aromatic carbocycles. The predicted octanol–water partition coefficient (Wildman–Crippen LogP) is 6.36. The van der Waals surface area contributed by atoms with Crippen molar-refractivity contribution < 1.29 is 18.0 Å². The standard InChI is InChI=1S/C37H43N3O4S/c1-6-30(5)38-37(42)35(24-31-13-9-7-10-14-31)39(25-32-15-11-8-12-16-32)36(41)26-40(34-22-19-28(3)23-29(34)4)45(43,44)33-20-17-27(2)18-21-33/h7-23,30,35H,6,24-26H2,1-5H3,(H,38,42)/t30-,35-/m0/s1. The lowest BCUT2D eigenvalue weighted by Gasteiger charge is -2.34. The van der Waals surface area contributed by atoms with Crippen molar-refractivity contribution in [2.45, 2.75) is 71.0 Å². The van der Waals surface area contributed by atoms with Gasteiger partial charge in [0.25, 0.3) is 10.0 Å². The van der Waals surface area contributed by atoms with Crippen molar-refractivity contribution in [3.05, 3.63) is 131 Å². The number of nitrogens with zero attached hydrogens (tertiary/aromatic N) is 2. The number of hydrogen-bond acceptors (Lipinski definition) is 4. The Morgan fingerprint density at radius 1 is 0.778 bits per heavy atom. The van der Waals surface area contributed by atoms with Gasteiger partial charge in [-0.15, -0.1) is 0 Å². The summed E-state index contributed by atoms with van der Waals surface area (Å²) >= 11 is 0. The lowest BCUT2D eigenvalue weighted by Crippen LogP contribution is -2.54. The van der Waals surface area contributed by atoms with E-state index < -0.39 is 28.5 Å². The fourth-order valence-electron chi connectivity index (χ4n) is 5.21. The van der Waals surface area contributed by atoms with Gasteiger partial charge in [-0.25, -0.2) is 8.42 Å². The molecule has 0 aliphatic heterocycles. The largest absolute Gasteiger partial charge is 0.352 e. The molecule has 0 bridgehead atoms. The predicted molar refractivity (Wildman–Crippen MR) is 180 cm³/mol. The van der Waals surface area contributed by atoms with E-state index in [1.165, 1.54) is 9.21 Å². The van der Waals surface area contributed by atoms with Crippen molar-refractivity contribution in [2.24, 2.45) is 0 Å². The second-order valence-electron chi connectivity index (χ2n) is 11.6. The Labute approximate surface area is 268 Å². The van der Waals surface area contributed by atoms with E-state index in [1.54, 1.807) is 30.3 Å². The molecule has 4 rings (SSSR count). The van der Waals surface area contributed by atoms with Crippen LogP contribution in [-0.2, 0) is 32.6 Å². The maximum Gasteiger partial charge on any atom is 0.264 e. The zero-order valence-corrected chi connectivity index (χ0v) is 27.6. The van der Waals surface area contributed by atoms with Gasteiger partial charge in [0.2, 0.25) is 11.8 Å². The molecule has 0 aliphatic carbocycles. The van der Waals surface area contributed by atoms with Crippen molar-refractivity contribution in [2.75, 3.05) is 10.8 Å². The monoisotopic (exact) mass is 625 g/mol. The van der Waals surface area contributed by atoms with Crippen LogP contribution in [0.15, 0.2) is 108 Å². The normalized spacial score (nSPS) is 12.6. The second-order valence-corrected chi connectivity index (χ2v) is 13.5. The highest BCUT2D eigenvalue weighted by Gasteiger charge is 2.35. The summed E-state index contributed by atoms with van der Waals surface area (Å²) in [5.74, 6) is -0.758. The molecule has 0 aliphatic rings. The minimum Gasteiger partial charge on any atom is -0.352 e. The van der Waals surface area contributed by atoms with Crippen LogP contribution in [0.1, 0.15) is 48.1 Å². The lowest BCUT2D eigenvalue weighted by molar-refractivity contribution is -0.140. The van der Waals surface area contributed by atoms with E-state index in [0.717, 1.165) is 34.2 Å². The highest BCUT2D eigenvalue weighted by Crippen LogP contribution is 2.29. The Bertz CT molecular complexity index is 1690. The molecule has 0 saturated carbocycles. The Hall–Kier alpha value is -4.43. The highest BCUT2D eigenvalue weighted by molar-refractivity contribution is 7.92. The van der Waals surface area contributed by atoms with Gasteiger partial charge in [0.1, 0.15) is 12.6 Å².